The standard InChI is InChI=1S/C12H22OS/c1-9(2)10-4-5-12(8-10)14(3,13)11-6-7-11/h9-12H,3-8H2,1-2H3. The normalized spacial score (nSPS) is 37.4. The van der Waals surface area contributed by atoms with Crippen molar-refractivity contribution < 1.29 is 4.21 Å². The van der Waals surface area contributed by atoms with Crippen molar-refractivity contribution in [1.29, 1.82) is 0 Å². The number of hydrogen-bond donors (Lipinski definition) is 0. The summed E-state index contributed by atoms with van der Waals surface area (Å²) in [4.78, 5) is 0. The molecule has 0 aromatic carbocycles. The zero-order valence-corrected chi connectivity index (χ0v) is 10.2. The third-order valence-electron chi connectivity index (χ3n) is 4.02. The van der Waals surface area contributed by atoms with Crippen molar-refractivity contribution in [3.8, 4) is 0 Å². The second-order valence-electron chi connectivity index (χ2n) is 5.42. The molecule has 2 aliphatic rings. The summed E-state index contributed by atoms with van der Waals surface area (Å²) >= 11 is 0. The molecule has 1 nitrogen and oxygen atoms in total. The van der Waals surface area contributed by atoms with Crippen LogP contribution in [0, 0.1) is 11.8 Å². The van der Waals surface area contributed by atoms with Gasteiger partial charge in [0.1, 0.15) is 0 Å². The Morgan fingerprint density at radius 2 is 1.71 bits per heavy atom. The van der Waals surface area contributed by atoms with E-state index in [1.807, 2.05) is 0 Å². The van der Waals surface area contributed by atoms with E-state index in [1.165, 1.54) is 32.1 Å². The molecule has 0 radical (unpaired) electrons. The van der Waals surface area contributed by atoms with Gasteiger partial charge in [0.05, 0.1) is 0 Å². The Balaban J connectivity index is 2.01. The van der Waals surface area contributed by atoms with Crippen LogP contribution in [0.25, 0.3) is 0 Å². The van der Waals surface area contributed by atoms with E-state index < -0.39 is 9.52 Å². The van der Waals surface area contributed by atoms with Crippen LogP contribution in [0.5, 0.6) is 0 Å². The molecule has 0 aromatic rings. The fourth-order valence-corrected chi connectivity index (χ4v) is 5.27. The van der Waals surface area contributed by atoms with Crippen LogP contribution in [0.15, 0.2) is 0 Å². The summed E-state index contributed by atoms with van der Waals surface area (Å²) < 4.78 is 12.4. The van der Waals surface area contributed by atoms with E-state index in [1.54, 1.807) is 0 Å². The van der Waals surface area contributed by atoms with E-state index in [0.717, 1.165) is 11.8 Å². The summed E-state index contributed by atoms with van der Waals surface area (Å²) in [5, 5.41) is 0.931. The molecular weight excluding hydrogens is 192 g/mol. The molecule has 0 heterocycles. The minimum atomic E-state index is -1.73. The maximum absolute atomic E-state index is 12.4. The summed E-state index contributed by atoms with van der Waals surface area (Å²) in [6.45, 7) is 4.57. The Hall–Kier alpha value is 0.0200. The lowest BCUT2D eigenvalue weighted by atomic mass is 9.95. The van der Waals surface area contributed by atoms with Crippen molar-refractivity contribution in [3.63, 3.8) is 0 Å². The van der Waals surface area contributed by atoms with Gasteiger partial charge in [-0.15, -0.1) is 0 Å². The first-order valence-corrected chi connectivity index (χ1v) is 7.72. The summed E-state index contributed by atoms with van der Waals surface area (Å²) in [5.74, 6) is 5.60. The lowest BCUT2D eigenvalue weighted by Gasteiger charge is -2.18. The molecule has 3 atom stereocenters. The predicted octanol–water partition coefficient (Wildman–Crippen LogP) is 2.69. The first-order chi connectivity index (χ1) is 6.51. The van der Waals surface area contributed by atoms with E-state index in [0.29, 0.717) is 10.5 Å². The molecule has 82 valence electrons. The Morgan fingerprint density at radius 3 is 2.14 bits per heavy atom. The Labute approximate surface area is 88.3 Å². The number of hydrogen-bond acceptors (Lipinski definition) is 1. The highest BCUT2D eigenvalue weighted by Crippen LogP contribution is 2.41. The molecular formula is C12H22OS. The van der Waals surface area contributed by atoms with Crippen molar-refractivity contribution in [2.75, 3.05) is 0 Å². The van der Waals surface area contributed by atoms with Crippen molar-refractivity contribution >= 4 is 15.4 Å². The molecule has 2 aliphatic carbocycles. The molecule has 0 aliphatic heterocycles. The highest BCUT2D eigenvalue weighted by Gasteiger charge is 2.39. The van der Waals surface area contributed by atoms with Gasteiger partial charge in [0.15, 0.2) is 0 Å². The zero-order chi connectivity index (χ0) is 10.3. The Bertz CT molecular complexity index is 298. The maximum atomic E-state index is 12.4. The minimum Gasteiger partial charge on any atom is -0.267 e. The van der Waals surface area contributed by atoms with Crippen LogP contribution in [0.3, 0.4) is 0 Å². The van der Waals surface area contributed by atoms with E-state index >= 15 is 0 Å². The third-order valence-corrected chi connectivity index (χ3v) is 7.18. The smallest absolute Gasteiger partial charge is 0.0277 e. The SMILES string of the molecule is C=S(=O)(C1CC1)C1CCC(C(C)C)C1. The summed E-state index contributed by atoms with van der Waals surface area (Å²) in [6.07, 6.45) is 5.97. The van der Waals surface area contributed by atoms with E-state index in [4.69, 9.17) is 0 Å². The molecule has 2 rings (SSSR count). The molecule has 0 spiro atoms. The van der Waals surface area contributed by atoms with E-state index in [9.17, 15) is 4.21 Å². The van der Waals surface area contributed by atoms with Gasteiger partial charge in [-0.2, -0.15) is 0 Å². The second-order valence-corrected chi connectivity index (χ2v) is 8.31. The van der Waals surface area contributed by atoms with Crippen LogP contribution in [0.2, 0.25) is 0 Å². The monoisotopic (exact) mass is 214 g/mol. The van der Waals surface area contributed by atoms with Gasteiger partial charge < -0.3 is 0 Å². The van der Waals surface area contributed by atoms with Gasteiger partial charge in [0.2, 0.25) is 0 Å². The number of rotatable bonds is 3. The largest absolute Gasteiger partial charge is 0.267 e. The van der Waals surface area contributed by atoms with Gasteiger partial charge in [-0.3, -0.25) is 4.21 Å². The van der Waals surface area contributed by atoms with E-state index in [-0.39, 0.29) is 0 Å². The average Bonchev–Trinajstić information content (AvgIpc) is 2.82. The predicted molar refractivity (Wildman–Crippen MR) is 64.3 cm³/mol. The zero-order valence-electron chi connectivity index (χ0n) is 9.37. The van der Waals surface area contributed by atoms with Crippen LogP contribution in [0.4, 0.5) is 0 Å². The molecule has 3 unspecified atom stereocenters. The quantitative estimate of drug-likeness (QED) is 0.660. The molecule has 0 amide bonds. The first kappa shape index (κ1) is 10.5. The molecule has 0 saturated heterocycles. The molecule has 2 fully saturated rings. The van der Waals surface area contributed by atoms with Gasteiger partial charge >= 0.3 is 0 Å². The van der Waals surface area contributed by atoms with Crippen molar-refractivity contribution in [3.05, 3.63) is 0 Å². The molecule has 0 bridgehead atoms. The van der Waals surface area contributed by atoms with Gasteiger partial charge in [0, 0.05) is 10.5 Å². The van der Waals surface area contributed by atoms with Gasteiger partial charge in [0.25, 0.3) is 0 Å². The van der Waals surface area contributed by atoms with Crippen LogP contribution in [-0.4, -0.2) is 20.6 Å². The maximum Gasteiger partial charge on any atom is 0.0277 e. The topological polar surface area (TPSA) is 17.1 Å². The van der Waals surface area contributed by atoms with Gasteiger partial charge in [-0.25, -0.2) is 0 Å². The highest BCUT2D eigenvalue weighted by atomic mass is 32.2. The summed E-state index contributed by atoms with van der Waals surface area (Å²) in [6, 6.07) is 0. The minimum absolute atomic E-state index is 0.447. The fourth-order valence-electron chi connectivity index (χ4n) is 2.68. The third kappa shape index (κ3) is 1.86. The van der Waals surface area contributed by atoms with Crippen LogP contribution in [-0.2, 0) is 9.52 Å². The average molecular weight is 214 g/mol. The Morgan fingerprint density at radius 1 is 1.14 bits per heavy atom. The Kier molecular flexibility index (Phi) is 2.67. The lowest BCUT2D eigenvalue weighted by Crippen LogP contribution is -2.22. The summed E-state index contributed by atoms with van der Waals surface area (Å²) in [7, 11) is -1.73. The first-order valence-electron chi connectivity index (χ1n) is 5.86. The van der Waals surface area contributed by atoms with Gasteiger partial charge in [-0.1, -0.05) is 13.8 Å². The molecule has 0 N–H and O–H groups in total. The molecule has 2 saturated carbocycles. The molecule has 0 aromatic heterocycles. The van der Waals surface area contributed by atoms with Crippen molar-refractivity contribution in [1.82, 2.24) is 0 Å². The van der Waals surface area contributed by atoms with Crippen molar-refractivity contribution in [2.45, 2.75) is 56.5 Å². The van der Waals surface area contributed by atoms with Gasteiger partial charge in [-0.05, 0) is 59.3 Å². The van der Waals surface area contributed by atoms with E-state index in [2.05, 4.69) is 19.7 Å². The fraction of sp³-hybridized carbons (Fsp3) is 0.917. The van der Waals surface area contributed by atoms with Crippen LogP contribution >= 0.6 is 0 Å². The lowest BCUT2D eigenvalue weighted by molar-refractivity contribution is 0.396. The molecule has 2 heteroatoms. The van der Waals surface area contributed by atoms with Crippen molar-refractivity contribution in [2.24, 2.45) is 11.8 Å². The second kappa shape index (κ2) is 3.55. The summed E-state index contributed by atoms with van der Waals surface area (Å²) in [5.41, 5.74) is 0. The molecule has 14 heavy (non-hydrogen) atoms. The van der Waals surface area contributed by atoms with Crippen LogP contribution < -0.4 is 0 Å². The van der Waals surface area contributed by atoms with Crippen LogP contribution in [0.1, 0.15) is 46.0 Å². The highest BCUT2D eigenvalue weighted by molar-refractivity contribution is 8.01.